The van der Waals surface area contributed by atoms with Gasteiger partial charge in [-0.05, 0) is 0 Å². The van der Waals surface area contributed by atoms with Gasteiger partial charge < -0.3 is 0 Å². The van der Waals surface area contributed by atoms with Gasteiger partial charge in [-0.1, -0.05) is 0 Å². The topological polar surface area (TPSA) is 0 Å². The zero-order chi connectivity index (χ0) is 8.36. The van der Waals surface area contributed by atoms with Crippen molar-refractivity contribution in [1.82, 2.24) is 0 Å². The van der Waals surface area contributed by atoms with Gasteiger partial charge in [0.2, 0.25) is 0 Å². The van der Waals surface area contributed by atoms with Gasteiger partial charge in [-0.2, -0.15) is 0 Å². The molecule has 0 saturated heterocycles. The Morgan fingerprint density at radius 1 is 1.09 bits per heavy atom. The first-order valence-electron chi connectivity index (χ1n) is 4.52. The molecule has 0 heterocycles. The second-order valence-corrected chi connectivity index (χ2v) is 4.83. The molecule has 0 aromatic heterocycles. The monoisotopic (exact) mass is 220 g/mol. The summed E-state index contributed by atoms with van der Waals surface area (Å²) in [6.07, 6.45) is 11.4. The number of rotatable bonds is 7. The van der Waals surface area contributed by atoms with Crippen molar-refractivity contribution in [2.24, 2.45) is 0 Å². The van der Waals surface area contributed by atoms with Crippen molar-refractivity contribution in [3.63, 3.8) is 0 Å². The van der Waals surface area contributed by atoms with E-state index in [4.69, 9.17) is 0 Å². The summed E-state index contributed by atoms with van der Waals surface area (Å²) < 4.78 is 0. The fourth-order valence-corrected chi connectivity index (χ4v) is 2.06. The molecule has 0 amide bonds. The first kappa shape index (κ1) is 11.3. The van der Waals surface area contributed by atoms with Crippen LogP contribution in [0.25, 0.3) is 0 Å². The van der Waals surface area contributed by atoms with E-state index in [1.54, 1.807) is 0 Å². The van der Waals surface area contributed by atoms with Crippen molar-refractivity contribution in [2.75, 3.05) is 0 Å². The van der Waals surface area contributed by atoms with Crippen molar-refractivity contribution >= 4 is 15.0 Å². The number of unbranched alkanes of at least 4 members (excludes halogenated alkanes) is 4. The normalized spacial score (nSPS) is 11.1. The maximum atomic E-state index is 2.33. The summed E-state index contributed by atoms with van der Waals surface area (Å²) in [5, 5.41) is 1.48. The van der Waals surface area contributed by atoms with Gasteiger partial charge in [0.25, 0.3) is 0 Å². The Hall–Kier alpha value is 0.259. The van der Waals surface area contributed by atoms with E-state index in [0.717, 1.165) is 15.0 Å². The van der Waals surface area contributed by atoms with Crippen molar-refractivity contribution < 1.29 is 0 Å². The SMILES string of the molecule is C/C=C/CCCCCC[Se]C. The van der Waals surface area contributed by atoms with E-state index >= 15 is 0 Å². The summed E-state index contributed by atoms with van der Waals surface area (Å²) in [5.41, 5.74) is 0. The second kappa shape index (κ2) is 10.3. The van der Waals surface area contributed by atoms with Crippen LogP contribution in [0.5, 0.6) is 0 Å². The van der Waals surface area contributed by atoms with Crippen molar-refractivity contribution in [2.45, 2.75) is 50.2 Å². The minimum absolute atomic E-state index is 0.906. The zero-order valence-electron chi connectivity index (χ0n) is 7.81. The van der Waals surface area contributed by atoms with Crippen molar-refractivity contribution in [3.05, 3.63) is 12.2 Å². The molecule has 0 nitrogen and oxygen atoms in total. The molecule has 0 N–H and O–H groups in total. The van der Waals surface area contributed by atoms with Crippen LogP contribution in [-0.2, 0) is 0 Å². The van der Waals surface area contributed by atoms with E-state index in [1.807, 2.05) is 0 Å². The molecule has 0 aliphatic carbocycles. The number of hydrogen-bond donors (Lipinski definition) is 0. The Morgan fingerprint density at radius 2 is 1.82 bits per heavy atom. The third-order valence-corrected chi connectivity index (χ3v) is 3.17. The predicted octanol–water partition coefficient (Wildman–Crippen LogP) is 3.68. The van der Waals surface area contributed by atoms with E-state index in [-0.39, 0.29) is 0 Å². The van der Waals surface area contributed by atoms with E-state index in [1.165, 1.54) is 37.4 Å². The van der Waals surface area contributed by atoms with E-state index in [0.29, 0.717) is 0 Å². The number of hydrogen-bond acceptors (Lipinski definition) is 0. The second-order valence-electron chi connectivity index (χ2n) is 2.76. The fraction of sp³-hybridized carbons (Fsp3) is 0.800. The summed E-state index contributed by atoms with van der Waals surface area (Å²) >= 11 is 0.906. The Balaban J connectivity index is 2.79. The molecular formula is C10H20Se. The third-order valence-electron chi connectivity index (χ3n) is 1.70. The van der Waals surface area contributed by atoms with Crippen LogP contribution < -0.4 is 0 Å². The summed E-state index contributed by atoms with van der Waals surface area (Å²) in [6, 6.07) is 0. The predicted molar refractivity (Wildman–Crippen MR) is 54.3 cm³/mol. The van der Waals surface area contributed by atoms with E-state index < -0.39 is 0 Å². The van der Waals surface area contributed by atoms with Gasteiger partial charge in [-0.25, -0.2) is 0 Å². The van der Waals surface area contributed by atoms with Crippen LogP contribution >= 0.6 is 0 Å². The van der Waals surface area contributed by atoms with Crippen molar-refractivity contribution in [3.8, 4) is 0 Å². The van der Waals surface area contributed by atoms with Gasteiger partial charge in [-0.15, -0.1) is 0 Å². The average molecular weight is 219 g/mol. The standard InChI is InChI=1S/C10H20Se/c1-3-4-5-6-7-8-9-10-11-2/h3-4H,5-10H2,1-2H3/b4-3+. The zero-order valence-corrected chi connectivity index (χ0v) is 9.52. The Labute approximate surface area is 77.6 Å². The molecule has 0 fully saturated rings. The van der Waals surface area contributed by atoms with E-state index in [2.05, 4.69) is 24.9 Å². The molecule has 0 spiro atoms. The van der Waals surface area contributed by atoms with Crippen LogP contribution in [0.3, 0.4) is 0 Å². The third kappa shape index (κ3) is 10.3. The van der Waals surface area contributed by atoms with Crippen LogP contribution in [0.2, 0.25) is 11.1 Å². The molecule has 0 saturated carbocycles. The van der Waals surface area contributed by atoms with Crippen LogP contribution in [0.4, 0.5) is 0 Å². The first-order valence-corrected chi connectivity index (χ1v) is 7.44. The quantitative estimate of drug-likeness (QED) is 0.348. The van der Waals surface area contributed by atoms with Gasteiger partial charge in [0.05, 0.1) is 0 Å². The summed E-state index contributed by atoms with van der Waals surface area (Å²) in [6.45, 7) is 2.10. The molecule has 0 aromatic rings. The molecule has 0 unspecified atom stereocenters. The van der Waals surface area contributed by atoms with Gasteiger partial charge in [0.15, 0.2) is 0 Å². The van der Waals surface area contributed by atoms with E-state index in [9.17, 15) is 0 Å². The summed E-state index contributed by atoms with van der Waals surface area (Å²) in [7, 11) is 0. The summed E-state index contributed by atoms with van der Waals surface area (Å²) in [5.74, 6) is 2.33. The average Bonchev–Trinajstić information content (AvgIpc) is 2.03. The van der Waals surface area contributed by atoms with Gasteiger partial charge >= 0.3 is 77.3 Å². The molecule has 1 heteroatoms. The van der Waals surface area contributed by atoms with Crippen LogP contribution in [0, 0.1) is 0 Å². The van der Waals surface area contributed by atoms with Gasteiger partial charge in [-0.3, -0.25) is 0 Å². The molecule has 11 heavy (non-hydrogen) atoms. The Morgan fingerprint density at radius 3 is 2.45 bits per heavy atom. The van der Waals surface area contributed by atoms with Crippen LogP contribution in [0.1, 0.15) is 39.0 Å². The molecule has 66 valence electrons. The molecule has 0 aromatic carbocycles. The van der Waals surface area contributed by atoms with Crippen LogP contribution in [-0.4, -0.2) is 15.0 Å². The molecular weight excluding hydrogens is 199 g/mol. The molecule has 0 bridgehead atoms. The van der Waals surface area contributed by atoms with Crippen LogP contribution in [0.15, 0.2) is 12.2 Å². The Bertz CT molecular complexity index is 86.9. The molecule has 0 atom stereocenters. The Kier molecular flexibility index (Phi) is 10.5. The molecule has 0 radical (unpaired) electrons. The van der Waals surface area contributed by atoms with Crippen molar-refractivity contribution in [1.29, 1.82) is 0 Å². The first-order chi connectivity index (χ1) is 5.41. The van der Waals surface area contributed by atoms with Gasteiger partial charge in [0, 0.05) is 0 Å². The molecule has 0 aliphatic rings. The maximum absolute atomic E-state index is 2.33. The minimum atomic E-state index is 0.906. The molecule has 0 aliphatic heterocycles. The van der Waals surface area contributed by atoms with Gasteiger partial charge in [0.1, 0.15) is 0 Å². The fourth-order valence-electron chi connectivity index (χ4n) is 1.03. The molecule has 0 rings (SSSR count). The summed E-state index contributed by atoms with van der Waals surface area (Å²) in [4.78, 5) is 0. The number of allylic oxidation sites excluding steroid dienone is 2.